The van der Waals surface area contributed by atoms with E-state index in [9.17, 15) is 5.11 Å². The van der Waals surface area contributed by atoms with Crippen LogP contribution in [0.2, 0.25) is 0 Å². The molecule has 2 rings (SSSR count). The van der Waals surface area contributed by atoms with Crippen molar-refractivity contribution in [3.8, 4) is 0 Å². The van der Waals surface area contributed by atoms with Crippen molar-refractivity contribution in [2.24, 2.45) is 5.41 Å². The van der Waals surface area contributed by atoms with Gasteiger partial charge in [-0.3, -0.25) is 0 Å². The number of aromatic nitrogens is 2. The van der Waals surface area contributed by atoms with E-state index in [4.69, 9.17) is 0 Å². The van der Waals surface area contributed by atoms with Crippen LogP contribution in [0.1, 0.15) is 32.6 Å². The summed E-state index contributed by atoms with van der Waals surface area (Å²) in [5, 5.41) is 16.1. The van der Waals surface area contributed by atoms with Crippen molar-refractivity contribution >= 4 is 27.6 Å². The van der Waals surface area contributed by atoms with Crippen LogP contribution in [0, 0.1) is 5.41 Å². The zero-order valence-corrected chi connectivity index (χ0v) is 12.8. The smallest absolute Gasteiger partial charge is 0.145 e. The minimum Gasteiger partial charge on any atom is -0.396 e. The van der Waals surface area contributed by atoms with Crippen molar-refractivity contribution in [2.45, 2.75) is 32.6 Å². The van der Waals surface area contributed by atoms with Crippen molar-refractivity contribution in [3.05, 3.63) is 10.8 Å². The second-order valence-electron chi connectivity index (χ2n) is 5.13. The summed E-state index contributed by atoms with van der Waals surface area (Å²) in [6.45, 7) is 3.84. The van der Waals surface area contributed by atoms with Crippen LogP contribution in [0.3, 0.4) is 0 Å². The van der Waals surface area contributed by atoms with Crippen LogP contribution in [-0.2, 0) is 0 Å². The second-order valence-corrected chi connectivity index (χ2v) is 5.93. The van der Waals surface area contributed by atoms with Crippen LogP contribution >= 0.6 is 15.9 Å². The molecule has 0 aromatic carbocycles. The molecule has 1 aromatic heterocycles. The largest absolute Gasteiger partial charge is 0.396 e. The Kier molecular flexibility index (Phi) is 4.99. The third-order valence-corrected chi connectivity index (χ3v) is 4.52. The molecule has 0 radical (unpaired) electrons. The molecule has 1 fully saturated rings. The normalized spacial score (nSPS) is 17.4. The number of nitrogens with one attached hydrogen (secondary N) is 2. The Hall–Kier alpha value is -0.880. The molecule has 106 valence electrons. The minimum absolute atomic E-state index is 0.0166. The lowest BCUT2D eigenvalue weighted by atomic mass is 9.87. The van der Waals surface area contributed by atoms with Gasteiger partial charge < -0.3 is 15.7 Å². The fourth-order valence-corrected chi connectivity index (χ4v) is 3.06. The first kappa shape index (κ1) is 14.5. The number of rotatable bonds is 6. The van der Waals surface area contributed by atoms with Crippen molar-refractivity contribution in [1.29, 1.82) is 0 Å². The van der Waals surface area contributed by atoms with Crippen LogP contribution < -0.4 is 10.6 Å². The monoisotopic (exact) mass is 328 g/mol. The maximum Gasteiger partial charge on any atom is 0.145 e. The molecule has 0 amide bonds. The molecule has 6 heteroatoms. The first-order chi connectivity index (χ1) is 9.21. The number of hydrogen-bond acceptors (Lipinski definition) is 5. The summed E-state index contributed by atoms with van der Waals surface area (Å²) in [7, 11) is 0. The number of anilines is 2. The first-order valence-electron chi connectivity index (χ1n) is 6.80. The van der Waals surface area contributed by atoms with E-state index in [-0.39, 0.29) is 12.0 Å². The van der Waals surface area contributed by atoms with Gasteiger partial charge in [-0.25, -0.2) is 9.97 Å². The molecule has 0 atom stereocenters. The Bertz CT molecular complexity index is 421. The number of aliphatic hydroxyl groups is 1. The van der Waals surface area contributed by atoms with Gasteiger partial charge in [0.15, 0.2) is 0 Å². The highest BCUT2D eigenvalue weighted by Gasteiger charge is 2.33. The number of aliphatic hydroxyl groups excluding tert-OH is 1. The van der Waals surface area contributed by atoms with Crippen molar-refractivity contribution in [1.82, 2.24) is 9.97 Å². The summed E-state index contributed by atoms with van der Waals surface area (Å²) >= 11 is 3.52. The van der Waals surface area contributed by atoms with E-state index >= 15 is 0 Å². The van der Waals surface area contributed by atoms with Gasteiger partial charge in [-0.2, -0.15) is 0 Å². The lowest BCUT2D eigenvalue weighted by Crippen LogP contribution is -2.31. The van der Waals surface area contributed by atoms with Gasteiger partial charge in [-0.15, -0.1) is 0 Å². The zero-order chi connectivity index (χ0) is 13.7. The van der Waals surface area contributed by atoms with E-state index in [0.29, 0.717) is 0 Å². The standard InChI is InChI=1S/C13H21BrN4O/c1-2-15-11-10(14)12(18-9-17-11)16-7-13(8-19)5-3-4-6-13/h9,19H,2-8H2,1H3,(H2,15,16,17,18). The van der Waals surface area contributed by atoms with E-state index in [1.54, 1.807) is 6.33 Å². The minimum atomic E-state index is 0.0166. The molecule has 19 heavy (non-hydrogen) atoms. The van der Waals surface area contributed by atoms with Crippen molar-refractivity contribution in [3.63, 3.8) is 0 Å². The average Bonchev–Trinajstić information content (AvgIpc) is 2.89. The van der Waals surface area contributed by atoms with Gasteiger partial charge in [-0.05, 0) is 35.7 Å². The van der Waals surface area contributed by atoms with Crippen LogP contribution in [0.4, 0.5) is 11.6 Å². The molecule has 0 unspecified atom stereocenters. The Morgan fingerprint density at radius 2 is 1.89 bits per heavy atom. The summed E-state index contributed by atoms with van der Waals surface area (Å²) in [4.78, 5) is 8.44. The van der Waals surface area contributed by atoms with E-state index in [1.165, 1.54) is 12.8 Å². The number of nitrogens with zero attached hydrogens (tertiary/aromatic N) is 2. The molecule has 1 aromatic rings. The van der Waals surface area contributed by atoms with Crippen LogP contribution in [-0.4, -0.2) is 34.8 Å². The molecule has 0 spiro atoms. The molecule has 3 N–H and O–H groups in total. The number of halogens is 1. The van der Waals surface area contributed by atoms with Crippen LogP contribution in [0.15, 0.2) is 10.8 Å². The molecule has 1 heterocycles. The fraction of sp³-hybridized carbons (Fsp3) is 0.692. The average molecular weight is 329 g/mol. The van der Waals surface area contributed by atoms with Gasteiger partial charge in [0.2, 0.25) is 0 Å². The molecular weight excluding hydrogens is 308 g/mol. The molecule has 5 nitrogen and oxygen atoms in total. The highest BCUT2D eigenvalue weighted by molar-refractivity contribution is 9.10. The SMILES string of the molecule is CCNc1ncnc(NCC2(CO)CCCC2)c1Br. The van der Waals surface area contributed by atoms with Crippen molar-refractivity contribution in [2.75, 3.05) is 30.3 Å². The highest BCUT2D eigenvalue weighted by atomic mass is 79.9. The Morgan fingerprint density at radius 3 is 2.47 bits per heavy atom. The van der Waals surface area contributed by atoms with E-state index in [2.05, 4.69) is 36.5 Å². The van der Waals surface area contributed by atoms with Gasteiger partial charge in [-0.1, -0.05) is 12.8 Å². The third-order valence-electron chi connectivity index (χ3n) is 3.76. The van der Waals surface area contributed by atoms with Gasteiger partial charge in [0.25, 0.3) is 0 Å². The predicted octanol–water partition coefficient (Wildman–Crippen LogP) is 2.64. The summed E-state index contributed by atoms with van der Waals surface area (Å²) < 4.78 is 0.850. The van der Waals surface area contributed by atoms with Gasteiger partial charge in [0.1, 0.15) is 22.4 Å². The Labute approximate surface area is 122 Å². The molecule has 0 bridgehead atoms. The second kappa shape index (κ2) is 6.52. The fourth-order valence-electron chi connectivity index (χ4n) is 2.57. The van der Waals surface area contributed by atoms with E-state index in [1.807, 2.05) is 6.92 Å². The lowest BCUT2D eigenvalue weighted by molar-refractivity contribution is 0.142. The highest BCUT2D eigenvalue weighted by Crippen LogP contribution is 2.38. The van der Waals surface area contributed by atoms with Gasteiger partial charge in [0.05, 0.1) is 6.61 Å². The van der Waals surface area contributed by atoms with Gasteiger partial charge >= 0.3 is 0 Å². The maximum atomic E-state index is 9.61. The molecular formula is C13H21BrN4O. The lowest BCUT2D eigenvalue weighted by Gasteiger charge is -2.27. The summed E-state index contributed by atoms with van der Waals surface area (Å²) in [6.07, 6.45) is 6.12. The molecule has 1 saturated carbocycles. The first-order valence-corrected chi connectivity index (χ1v) is 7.59. The van der Waals surface area contributed by atoms with E-state index in [0.717, 1.165) is 42.0 Å². The van der Waals surface area contributed by atoms with E-state index < -0.39 is 0 Å². The maximum absolute atomic E-state index is 9.61. The Balaban J connectivity index is 2.04. The summed E-state index contributed by atoms with van der Waals surface area (Å²) in [6, 6.07) is 0. The molecule has 1 aliphatic rings. The quantitative estimate of drug-likeness (QED) is 0.748. The van der Waals surface area contributed by atoms with Crippen molar-refractivity contribution < 1.29 is 5.11 Å². The zero-order valence-electron chi connectivity index (χ0n) is 11.2. The molecule has 1 aliphatic carbocycles. The summed E-state index contributed by atoms with van der Waals surface area (Å²) in [5.41, 5.74) is 0.0166. The Morgan fingerprint density at radius 1 is 1.26 bits per heavy atom. The predicted molar refractivity (Wildman–Crippen MR) is 80.4 cm³/mol. The molecule has 0 saturated heterocycles. The van der Waals surface area contributed by atoms with Crippen LogP contribution in [0.5, 0.6) is 0 Å². The number of hydrogen-bond donors (Lipinski definition) is 3. The molecule has 0 aliphatic heterocycles. The third kappa shape index (κ3) is 3.36. The topological polar surface area (TPSA) is 70.1 Å². The van der Waals surface area contributed by atoms with Gasteiger partial charge in [0, 0.05) is 18.5 Å². The summed E-state index contributed by atoms with van der Waals surface area (Å²) in [5.74, 6) is 1.58. The van der Waals surface area contributed by atoms with Crippen LogP contribution in [0.25, 0.3) is 0 Å².